The summed E-state index contributed by atoms with van der Waals surface area (Å²) in [7, 11) is 0. The average Bonchev–Trinajstić information content (AvgIpc) is 2.75. The third kappa shape index (κ3) is 4.14. The van der Waals surface area contributed by atoms with E-state index >= 15 is 0 Å². The molecule has 148 valence electrons. The van der Waals surface area contributed by atoms with Crippen LogP contribution in [0.5, 0.6) is 0 Å². The Hall–Kier alpha value is -3.60. The van der Waals surface area contributed by atoms with Crippen molar-refractivity contribution in [3.63, 3.8) is 0 Å². The molecule has 0 amide bonds. The summed E-state index contributed by atoms with van der Waals surface area (Å²) in [5.74, 6) is 1.49. The molecular weight excluding hydrogens is 360 g/mol. The van der Waals surface area contributed by atoms with Gasteiger partial charge in [-0.05, 0) is 38.1 Å². The number of benzene rings is 1. The van der Waals surface area contributed by atoms with Gasteiger partial charge in [-0.3, -0.25) is 9.36 Å². The zero-order chi connectivity index (χ0) is 20.8. The Balaban J connectivity index is 2.35. The molecule has 0 spiro atoms. The fraction of sp³-hybridized carbons (Fsp3) is 0.167. The molecule has 0 saturated heterocycles. The quantitative estimate of drug-likeness (QED) is 0.560. The summed E-state index contributed by atoms with van der Waals surface area (Å²) in [5.41, 5.74) is 2.40. The monoisotopic (exact) mass is 386 g/mol. The van der Waals surface area contributed by atoms with Crippen LogP contribution in [-0.4, -0.2) is 22.6 Å². The van der Waals surface area contributed by atoms with Gasteiger partial charge in [-0.2, -0.15) is 0 Å². The van der Waals surface area contributed by atoms with E-state index in [1.807, 2.05) is 47.0 Å². The number of nitrogens with one attached hydrogen (secondary N) is 1. The molecular formula is C24H26N4O. The van der Waals surface area contributed by atoms with Gasteiger partial charge < -0.3 is 10.2 Å². The van der Waals surface area contributed by atoms with Crippen molar-refractivity contribution in [2.24, 2.45) is 0 Å². The van der Waals surface area contributed by atoms with E-state index in [0.29, 0.717) is 11.2 Å². The van der Waals surface area contributed by atoms with Crippen LogP contribution in [0.1, 0.15) is 13.8 Å². The molecule has 1 aromatic carbocycles. The smallest absolute Gasteiger partial charge is 0.193 e. The average molecular weight is 386 g/mol. The lowest BCUT2D eigenvalue weighted by Gasteiger charge is -2.22. The molecule has 0 atom stereocenters. The summed E-state index contributed by atoms with van der Waals surface area (Å²) in [4.78, 5) is 19.5. The van der Waals surface area contributed by atoms with Crippen molar-refractivity contribution < 1.29 is 0 Å². The van der Waals surface area contributed by atoms with Gasteiger partial charge in [0.2, 0.25) is 0 Å². The maximum Gasteiger partial charge on any atom is 0.193 e. The molecule has 0 aliphatic carbocycles. The van der Waals surface area contributed by atoms with Gasteiger partial charge in [0.15, 0.2) is 5.43 Å². The van der Waals surface area contributed by atoms with E-state index in [2.05, 4.69) is 42.2 Å². The number of allylic oxidation sites excluding steroid dienone is 3. The first-order chi connectivity index (χ1) is 14.1. The van der Waals surface area contributed by atoms with Crippen LogP contribution in [-0.2, 0) is 0 Å². The van der Waals surface area contributed by atoms with Crippen LogP contribution in [0.25, 0.3) is 16.6 Å². The fourth-order valence-electron chi connectivity index (χ4n) is 3.31. The summed E-state index contributed by atoms with van der Waals surface area (Å²) in [6.45, 7) is 13.4. The second-order valence-electron chi connectivity index (χ2n) is 6.48. The molecule has 3 rings (SSSR count). The summed E-state index contributed by atoms with van der Waals surface area (Å²) in [5, 5.41) is 3.88. The van der Waals surface area contributed by atoms with Crippen molar-refractivity contribution in [1.82, 2.24) is 9.55 Å². The predicted octanol–water partition coefficient (Wildman–Crippen LogP) is 4.90. The maximum atomic E-state index is 12.9. The van der Waals surface area contributed by atoms with Gasteiger partial charge in [0.05, 0.1) is 10.9 Å². The normalized spacial score (nSPS) is 11.3. The van der Waals surface area contributed by atoms with Gasteiger partial charge >= 0.3 is 0 Å². The van der Waals surface area contributed by atoms with Crippen LogP contribution in [0.3, 0.4) is 0 Å². The van der Waals surface area contributed by atoms with Crippen molar-refractivity contribution in [1.29, 1.82) is 0 Å². The topological polar surface area (TPSA) is 50.2 Å². The van der Waals surface area contributed by atoms with Gasteiger partial charge in [0.25, 0.3) is 0 Å². The molecule has 3 aromatic rings. The standard InChI is InChI=1S/C24H26N4O/c1-5-12-18(6-2)26-24-16-22(29)20-17-25-23(27(7-3)8-4)15-21(20)28(24)19-13-10-9-11-14-19/h5-6,9-17,26H,1-2,7-8H2,3-4H3/b18-12+. The van der Waals surface area contributed by atoms with Crippen molar-refractivity contribution in [2.45, 2.75) is 13.8 Å². The number of nitrogens with zero attached hydrogens (tertiary/aromatic N) is 3. The number of rotatable bonds is 8. The predicted molar refractivity (Wildman–Crippen MR) is 123 cm³/mol. The third-order valence-corrected chi connectivity index (χ3v) is 4.77. The second kappa shape index (κ2) is 9.06. The molecule has 0 saturated carbocycles. The number of para-hydroxylation sites is 1. The van der Waals surface area contributed by atoms with Crippen LogP contribution in [0.4, 0.5) is 11.6 Å². The van der Waals surface area contributed by atoms with Crippen molar-refractivity contribution in [3.05, 3.63) is 96.0 Å². The minimum Gasteiger partial charge on any atom is -0.357 e. The first-order valence-electron chi connectivity index (χ1n) is 9.71. The molecule has 0 radical (unpaired) electrons. The Morgan fingerprint density at radius 2 is 1.90 bits per heavy atom. The number of aromatic nitrogens is 2. The third-order valence-electron chi connectivity index (χ3n) is 4.77. The lowest BCUT2D eigenvalue weighted by molar-refractivity contribution is 0.847. The largest absolute Gasteiger partial charge is 0.357 e. The Morgan fingerprint density at radius 3 is 2.52 bits per heavy atom. The Bertz CT molecular complexity index is 1110. The van der Waals surface area contributed by atoms with E-state index < -0.39 is 0 Å². The number of hydrogen-bond donors (Lipinski definition) is 1. The first kappa shape index (κ1) is 20.1. The number of hydrogen-bond acceptors (Lipinski definition) is 4. The lowest BCUT2D eigenvalue weighted by atomic mass is 10.2. The molecule has 0 bridgehead atoms. The SMILES string of the molecule is C=C/C=C(\C=C)Nc1cc(=O)c2cnc(N(CC)CC)cc2n1-c1ccccc1. The molecule has 0 aliphatic heterocycles. The van der Waals surface area contributed by atoms with Gasteiger partial charge in [0.1, 0.15) is 11.6 Å². The molecule has 29 heavy (non-hydrogen) atoms. The summed E-state index contributed by atoms with van der Waals surface area (Å²) >= 11 is 0. The highest BCUT2D eigenvalue weighted by Crippen LogP contribution is 2.26. The van der Waals surface area contributed by atoms with Crippen molar-refractivity contribution in [2.75, 3.05) is 23.3 Å². The lowest BCUT2D eigenvalue weighted by Crippen LogP contribution is -2.23. The molecule has 2 aromatic heterocycles. The summed E-state index contributed by atoms with van der Waals surface area (Å²) < 4.78 is 2.03. The molecule has 5 heteroatoms. The summed E-state index contributed by atoms with van der Waals surface area (Å²) in [6, 6.07) is 13.5. The first-order valence-corrected chi connectivity index (χ1v) is 9.71. The van der Waals surface area contributed by atoms with E-state index in [-0.39, 0.29) is 5.43 Å². The Kier molecular flexibility index (Phi) is 6.29. The number of anilines is 2. The van der Waals surface area contributed by atoms with E-state index in [1.165, 1.54) is 0 Å². The number of pyridine rings is 2. The van der Waals surface area contributed by atoms with Crippen molar-refractivity contribution >= 4 is 22.5 Å². The van der Waals surface area contributed by atoms with E-state index in [9.17, 15) is 4.79 Å². The minimum absolute atomic E-state index is 0.0877. The van der Waals surface area contributed by atoms with Crippen LogP contribution in [0.15, 0.2) is 90.5 Å². The van der Waals surface area contributed by atoms with E-state index in [4.69, 9.17) is 0 Å². The zero-order valence-electron chi connectivity index (χ0n) is 16.9. The van der Waals surface area contributed by atoms with Gasteiger partial charge in [-0.15, -0.1) is 0 Å². The number of fused-ring (bicyclic) bond motifs is 1. The highest BCUT2D eigenvalue weighted by atomic mass is 16.1. The highest BCUT2D eigenvalue weighted by molar-refractivity contribution is 5.85. The highest BCUT2D eigenvalue weighted by Gasteiger charge is 2.14. The molecule has 0 unspecified atom stereocenters. The Morgan fingerprint density at radius 1 is 1.17 bits per heavy atom. The van der Waals surface area contributed by atoms with Crippen LogP contribution < -0.4 is 15.6 Å². The van der Waals surface area contributed by atoms with E-state index in [1.54, 1.807) is 24.4 Å². The van der Waals surface area contributed by atoms with Gasteiger partial charge in [0, 0.05) is 42.8 Å². The van der Waals surface area contributed by atoms with Crippen LogP contribution in [0.2, 0.25) is 0 Å². The van der Waals surface area contributed by atoms with Crippen LogP contribution in [0, 0.1) is 0 Å². The van der Waals surface area contributed by atoms with Crippen molar-refractivity contribution in [3.8, 4) is 5.69 Å². The second-order valence-corrected chi connectivity index (χ2v) is 6.48. The summed E-state index contributed by atoms with van der Waals surface area (Å²) in [6.07, 6.45) is 6.85. The van der Waals surface area contributed by atoms with Gasteiger partial charge in [-0.25, -0.2) is 4.98 Å². The molecule has 1 N–H and O–H groups in total. The van der Waals surface area contributed by atoms with E-state index in [0.717, 1.165) is 35.8 Å². The van der Waals surface area contributed by atoms with Gasteiger partial charge in [-0.1, -0.05) is 37.4 Å². The molecule has 0 fully saturated rings. The maximum absolute atomic E-state index is 12.9. The molecule has 2 heterocycles. The molecule has 0 aliphatic rings. The fourth-order valence-corrected chi connectivity index (χ4v) is 3.31. The molecule has 5 nitrogen and oxygen atoms in total. The Labute approximate surface area is 171 Å². The minimum atomic E-state index is -0.0877. The van der Waals surface area contributed by atoms with Crippen LogP contribution >= 0.6 is 0 Å². The zero-order valence-corrected chi connectivity index (χ0v) is 16.9.